The average Bonchev–Trinajstić information content (AvgIpc) is 3.36. The minimum Gasteiger partial charge on any atom is -0.478 e. The van der Waals surface area contributed by atoms with Crippen molar-refractivity contribution < 1.29 is 19.1 Å². The molecule has 170 valence electrons. The zero-order valence-corrected chi connectivity index (χ0v) is 20.6. The van der Waals surface area contributed by atoms with E-state index in [1.165, 1.54) is 36.4 Å². The number of pyridine rings is 1. The summed E-state index contributed by atoms with van der Waals surface area (Å²) >= 11 is 5.98. The molecule has 31 heavy (non-hydrogen) atoms. The van der Waals surface area contributed by atoms with Crippen molar-refractivity contribution in [3.8, 4) is 11.7 Å². The van der Waals surface area contributed by atoms with Crippen LogP contribution in [-0.4, -0.2) is 46.9 Å². The largest absolute Gasteiger partial charge is 0.478 e. The summed E-state index contributed by atoms with van der Waals surface area (Å²) in [7, 11) is -1.92. The van der Waals surface area contributed by atoms with Gasteiger partial charge in [0.1, 0.15) is 11.8 Å². The van der Waals surface area contributed by atoms with Crippen LogP contribution < -0.4 is 4.74 Å². The van der Waals surface area contributed by atoms with Crippen LogP contribution in [0.15, 0.2) is 24.4 Å². The van der Waals surface area contributed by atoms with Crippen LogP contribution in [0.4, 0.5) is 0 Å². The Kier molecular flexibility index (Phi) is 7.13. The van der Waals surface area contributed by atoms with Crippen LogP contribution in [0.25, 0.3) is 5.82 Å². The monoisotopic (exact) mass is 465 g/mol. The molecular weight excluding hydrogens is 434 g/mol. The summed E-state index contributed by atoms with van der Waals surface area (Å²) in [6, 6.07) is 4.74. The summed E-state index contributed by atoms with van der Waals surface area (Å²) in [6.07, 6.45) is 6.61. The number of rotatable bonds is 8. The van der Waals surface area contributed by atoms with E-state index in [1.54, 1.807) is 18.3 Å². The Morgan fingerprint density at radius 3 is 2.55 bits per heavy atom. The second-order valence-electron chi connectivity index (χ2n) is 9.68. The molecule has 2 aromatic rings. The van der Waals surface area contributed by atoms with Crippen LogP contribution in [0.5, 0.6) is 5.88 Å². The van der Waals surface area contributed by atoms with E-state index in [4.69, 9.17) is 25.9 Å². The third-order valence-corrected chi connectivity index (χ3v) is 11.2. The molecule has 1 unspecified atom stereocenters. The highest BCUT2D eigenvalue weighted by molar-refractivity contribution is 6.74. The molecule has 1 N–H and O–H groups in total. The lowest BCUT2D eigenvalue weighted by atomic mass is 10.0. The summed E-state index contributed by atoms with van der Waals surface area (Å²) in [5.74, 6) is 0.297. The normalized spacial score (nSPS) is 16.5. The van der Waals surface area contributed by atoms with Crippen molar-refractivity contribution in [1.29, 1.82) is 0 Å². The molecular formula is C22H32ClN3O4Si. The SMILES string of the molecule is CC(C)(C)[Si](C)(C)OC(COc1ccn(-c2ccc(C(=O)O)c(Cl)n2)n1)C1CCCC1. The molecule has 0 aromatic carbocycles. The molecule has 1 aliphatic rings. The van der Waals surface area contributed by atoms with Gasteiger partial charge in [0.2, 0.25) is 5.88 Å². The number of carboxylic acids is 1. The lowest BCUT2D eigenvalue weighted by molar-refractivity contribution is 0.0661. The highest BCUT2D eigenvalue weighted by atomic mass is 35.5. The van der Waals surface area contributed by atoms with E-state index in [0.29, 0.717) is 24.2 Å². The van der Waals surface area contributed by atoms with Gasteiger partial charge in [0.05, 0.1) is 11.7 Å². The van der Waals surface area contributed by atoms with Gasteiger partial charge in [-0.05, 0) is 49.0 Å². The molecule has 0 amide bonds. The van der Waals surface area contributed by atoms with Crippen LogP contribution in [0.2, 0.25) is 23.3 Å². The Balaban J connectivity index is 1.70. The maximum Gasteiger partial charge on any atom is 0.338 e. The lowest BCUT2D eigenvalue weighted by Crippen LogP contribution is -2.47. The number of hydrogen-bond acceptors (Lipinski definition) is 5. The molecule has 0 aliphatic heterocycles. The maximum absolute atomic E-state index is 11.1. The predicted octanol–water partition coefficient (Wildman–Crippen LogP) is 5.58. The smallest absolute Gasteiger partial charge is 0.338 e. The second-order valence-corrected chi connectivity index (χ2v) is 14.8. The minimum absolute atomic E-state index is 0.0452. The molecule has 2 aromatic heterocycles. The van der Waals surface area contributed by atoms with E-state index in [0.717, 1.165) is 0 Å². The first-order valence-corrected chi connectivity index (χ1v) is 14.0. The zero-order chi connectivity index (χ0) is 22.8. The Bertz CT molecular complexity index is 920. The van der Waals surface area contributed by atoms with Crippen molar-refractivity contribution in [2.24, 2.45) is 5.92 Å². The quantitative estimate of drug-likeness (QED) is 0.404. The van der Waals surface area contributed by atoms with Crippen molar-refractivity contribution in [3.05, 3.63) is 35.1 Å². The molecule has 0 radical (unpaired) electrons. The fraction of sp³-hybridized carbons (Fsp3) is 0.591. The van der Waals surface area contributed by atoms with E-state index in [1.807, 2.05) is 0 Å². The zero-order valence-electron chi connectivity index (χ0n) is 18.9. The Morgan fingerprint density at radius 2 is 1.97 bits per heavy atom. The van der Waals surface area contributed by atoms with Crippen LogP contribution in [0, 0.1) is 5.92 Å². The number of carbonyl (C=O) groups is 1. The summed E-state index contributed by atoms with van der Waals surface area (Å²) in [5.41, 5.74) is -0.0452. The van der Waals surface area contributed by atoms with Gasteiger partial charge in [0, 0.05) is 12.3 Å². The summed E-state index contributed by atoms with van der Waals surface area (Å²) < 4.78 is 14.3. The van der Waals surface area contributed by atoms with Crippen LogP contribution >= 0.6 is 11.6 Å². The summed E-state index contributed by atoms with van der Waals surface area (Å²) in [4.78, 5) is 15.2. The molecule has 1 atom stereocenters. The standard InChI is InChI=1S/C22H32ClN3O4Si/c1-22(2,3)31(4,5)30-17(15-8-6-7-9-15)14-29-19-12-13-26(25-19)18-11-10-16(21(27)28)20(23)24-18/h10-13,15,17H,6-9,14H2,1-5H3,(H,27,28). The maximum atomic E-state index is 11.1. The lowest BCUT2D eigenvalue weighted by Gasteiger charge is -2.40. The van der Waals surface area contributed by atoms with Crippen molar-refractivity contribution in [2.45, 2.75) is 70.7 Å². The van der Waals surface area contributed by atoms with E-state index in [9.17, 15) is 4.79 Å². The van der Waals surface area contributed by atoms with E-state index in [-0.39, 0.29) is 21.9 Å². The first-order valence-electron chi connectivity index (χ1n) is 10.7. The Morgan fingerprint density at radius 1 is 1.29 bits per heavy atom. The van der Waals surface area contributed by atoms with Gasteiger partial charge in [-0.15, -0.1) is 5.10 Å². The number of aromatic nitrogens is 3. The number of ether oxygens (including phenoxy) is 1. The van der Waals surface area contributed by atoms with Crippen molar-refractivity contribution in [3.63, 3.8) is 0 Å². The molecule has 2 heterocycles. The average molecular weight is 466 g/mol. The van der Waals surface area contributed by atoms with Gasteiger partial charge in [-0.25, -0.2) is 14.5 Å². The molecule has 1 saturated carbocycles. The molecule has 0 saturated heterocycles. The number of hydrogen-bond donors (Lipinski definition) is 1. The Labute approximate surface area is 189 Å². The van der Waals surface area contributed by atoms with Gasteiger partial charge in [-0.1, -0.05) is 45.2 Å². The van der Waals surface area contributed by atoms with Crippen molar-refractivity contribution in [1.82, 2.24) is 14.8 Å². The third kappa shape index (κ3) is 5.67. The van der Waals surface area contributed by atoms with E-state index in [2.05, 4.69) is 43.9 Å². The van der Waals surface area contributed by atoms with Crippen molar-refractivity contribution in [2.75, 3.05) is 6.61 Å². The molecule has 0 bridgehead atoms. The Hall–Kier alpha value is -1.90. The van der Waals surface area contributed by atoms with Gasteiger partial charge in [0.15, 0.2) is 14.1 Å². The third-order valence-electron chi connectivity index (χ3n) is 6.44. The molecule has 0 spiro atoms. The fourth-order valence-corrected chi connectivity index (χ4v) is 5.14. The minimum atomic E-state index is -1.92. The highest BCUT2D eigenvalue weighted by Gasteiger charge is 2.41. The summed E-state index contributed by atoms with van der Waals surface area (Å²) in [5, 5.41) is 13.6. The number of nitrogens with zero attached hydrogens (tertiary/aromatic N) is 3. The number of aromatic carboxylic acids is 1. The fourth-order valence-electron chi connectivity index (χ4n) is 3.54. The van der Waals surface area contributed by atoms with Gasteiger partial charge < -0.3 is 14.3 Å². The van der Waals surface area contributed by atoms with Gasteiger partial charge in [-0.2, -0.15) is 0 Å². The highest BCUT2D eigenvalue weighted by Crippen LogP contribution is 2.40. The topological polar surface area (TPSA) is 86.5 Å². The summed E-state index contributed by atoms with van der Waals surface area (Å²) in [6.45, 7) is 11.8. The first-order chi connectivity index (χ1) is 14.5. The molecule has 7 nitrogen and oxygen atoms in total. The van der Waals surface area contributed by atoms with Crippen LogP contribution in [0.3, 0.4) is 0 Å². The molecule has 1 fully saturated rings. The van der Waals surface area contributed by atoms with E-state index >= 15 is 0 Å². The van der Waals surface area contributed by atoms with Gasteiger partial charge in [0.25, 0.3) is 0 Å². The van der Waals surface area contributed by atoms with Gasteiger partial charge in [-0.3, -0.25) is 0 Å². The molecule has 3 rings (SSSR count). The van der Waals surface area contributed by atoms with Crippen LogP contribution in [-0.2, 0) is 4.43 Å². The van der Waals surface area contributed by atoms with Crippen LogP contribution in [0.1, 0.15) is 56.8 Å². The second kappa shape index (κ2) is 9.30. The number of carboxylic acid groups (broad SMARTS) is 1. The molecule has 9 heteroatoms. The van der Waals surface area contributed by atoms with Gasteiger partial charge >= 0.3 is 5.97 Å². The predicted molar refractivity (Wildman–Crippen MR) is 123 cm³/mol. The van der Waals surface area contributed by atoms with Crippen molar-refractivity contribution >= 4 is 25.9 Å². The first kappa shape index (κ1) is 23.8. The molecule has 1 aliphatic carbocycles. The van der Waals surface area contributed by atoms with E-state index < -0.39 is 14.3 Å². The number of halogens is 1.